The molecule has 0 saturated heterocycles. The molecule has 1 unspecified atom stereocenters. The molecule has 39 heavy (non-hydrogen) atoms. The van der Waals surface area contributed by atoms with Crippen molar-refractivity contribution in [3.8, 4) is 11.5 Å². The Bertz CT molecular complexity index is 1200. The largest absolute Gasteiger partial charge is 0.507 e. The summed E-state index contributed by atoms with van der Waals surface area (Å²) in [6.07, 6.45) is 4.06. The summed E-state index contributed by atoms with van der Waals surface area (Å²) >= 11 is 0. The summed E-state index contributed by atoms with van der Waals surface area (Å²) < 4.78 is 6.08. The zero-order chi connectivity index (χ0) is 30.1. The van der Waals surface area contributed by atoms with Crippen molar-refractivity contribution in [2.45, 2.75) is 137 Å². The highest BCUT2D eigenvalue weighted by molar-refractivity contribution is 5.84. The molecule has 216 valence electrons. The van der Waals surface area contributed by atoms with Crippen molar-refractivity contribution < 1.29 is 14.6 Å². The Balaban J connectivity index is 3.08. The standard InChI is InChI=1S/C36H54O3/c1-15-30(37)39-32-27(20-25(35(11,12)17-3)22-29(32)36(13,14)18-4)23(5)26-19-24(34(9,10)16-2)21-28(31(26)38)33(6,7)8/h15,19-23,38H,1,16-18H2,2-14H3. The highest BCUT2D eigenvalue weighted by atomic mass is 16.5. The van der Waals surface area contributed by atoms with E-state index in [1.54, 1.807) is 0 Å². The second kappa shape index (κ2) is 11.5. The minimum Gasteiger partial charge on any atom is -0.507 e. The van der Waals surface area contributed by atoms with Gasteiger partial charge in [-0.1, -0.05) is 121 Å². The van der Waals surface area contributed by atoms with E-state index >= 15 is 0 Å². The van der Waals surface area contributed by atoms with E-state index in [1.807, 2.05) is 0 Å². The van der Waals surface area contributed by atoms with Crippen molar-refractivity contribution in [1.82, 2.24) is 0 Å². The summed E-state index contributed by atoms with van der Waals surface area (Å²) in [6, 6.07) is 8.77. The molecular formula is C36H54O3. The zero-order valence-electron chi connectivity index (χ0n) is 27.1. The van der Waals surface area contributed by atoms with Crippen molar-refractivity contribution in [3.63, 3.8) is 0 Å². The van der Waals surface area contributed by atoms with Crippen LogP contribution in [0.2, 0.25) is 0 Å². The Hall–Kier alpha value is -2.55. The Morgan fingerprint density at radius 2 is 1.23 bits per heavy atom. The number of ether oxygens (including phenoxy) is 1. The van der Waals surface area contributed by atoms with Crippen molar-refractivity contribution in [1.29, 1.82) is 0 Å². The lowest BCUT2D eigenvalue weighted by Gasteiger charge is -2.34. The number of hydrogen-bond acceptors (Lipinski definition) is 3. The number of hydrogen-bond donors (Lipinski definition) is 1. The van der Waals surface area contributed by atoms with Crippen molar-refractivity contribution in [2.24, 2.45) is 0 Å². The van der Waals surface area contributed by atoms with Crippen LogP contribution in [0.5, 0.6) is 11.5 Å². The van der Waals surface area contributed by atoms with Crippen molar-refractivity contribution in [2.75, 3.05) is 0 Å². The number of rotatable bonds is 10. The molecule has 2 rings (SSSR count). The van der Waals surface area contributed by atoms with Crippen molar-refractivity contribution >= 4 is 5.97 Å². The average molecular weight is 535 g/mol. The third-order valence-corrected chi connectivity index (χ3v) is 9.31. The van der Waals surface area contributed by atoms with Gasteiger partial charge in [0.25, 0.3) is 0 Å². The fourth-order valence-corrected chi connectivity index (χ4v) is 4.84. The average Bonchev–Trinajstić information content (AvgIpc) is 2.87. The van der Waals surface area contributed by atoms with Gasteiger partial charge in [0.2, 0.25) is 0 Å². The molecule has 0 radical (unpaired) electrons. The van der Waals surface area contributed by atoms with Crippen LogP contribution in [0.1, 0.15) is 149 Å². The smallest absolute Gasteiger partial charge is 0.335 e. The molecule has 0 heterocycles. The van der Waals surface area contributed by atoms with Gasteiger partial charge in [0, 0.05) is 28.7 Å². The lowest BCUT2D eigenvalue weighted by atomic mass is 9.72. The second-order valence-electron chi connectivity index (χ2n) is 14.2. The van der Waals surface area contributed by atoms with Crippen LogP contribution in [0.15, 0.2) is 36.9 Å². The van der Waals surface area contributed by atoms with Gasteiger partial charge in [-0.3, -0.25) is 0 Å². The lowest BCUT2D eigenvalue weighted by molar-refractivity contribution is -0.129. The van der Waals surface area contributed by atoms with E-state index in [1.165, 1.54) is 17.2 Å². The first kappa shape index (κ1) is 32.7. The van der Waals surface area contributed by atoms with E-state index in [0.717, 1.165) is 41.5 Å². The van der Waals surface area contributed by atoms with Crippen LogP contribution in [0, 0.1) is 0 Å². The molecule has 0 bridgehead atoms. The summed E-state index contributed by atoms with van der Waals surface area (Å²) in [5.41, 5.74) is 5.56. The molecule has 0 fully saturated rings. The third kappa shape index (κ3) is 6.79. The normalized spacial score (nSPS) is 13.8. The van der Waals surface area contributed by atoms with Crippen LogP contribution in [0.3, 0.4) is 0 Å². The number of esters is 1. The fourth-order valence-electron chi connectivity index (χ4n) is 4.84. The number of carbonyl (C=O) groups excluding carboxylic acids is 1. The summed E-state index contributed by atoms with van der Waals surface area (Å²) in [5, 5.41) is 11.8. The molecule has 0 saturated carbocycles. The monoisotopic (exact) mass is 534 g/mol. The first-order valence-electron chi connectivity index (χ1n) is 14.7. The quantitative estimate of drug-likeness (QED) is 0.187. The van der Waals surface area contributed by atoms with Gasteiger partial charge in [0.05, 0.1) is 0 Å². The van der Waals surface area contributed by atoms with E-state index in [9.17, 15) is 9.90 Å². The molecule has 3 nitrogen and oxygen atoms in total. The summed E-state index contributed by atoms with van der Waals surface area (Å²) in [5.74, 6) is 0.222. The van der Waals surface area contributed by atoms with E-state index in [2.05, 4.69) is 121 Å². The third-order valence-electron chi connectivity index (χ3n) is 9.31. The van der Waals surface area contributed by atoms with Crippen LogP contribution in [-0.2, 0) is 26.5 Å². The fraction of sp³-hybridized carbons (Fsp3) is 0.583. The minimum absolute atomic E-state index is 0.0539. The van der Waals surface area contributed by atoms with Crippen LogP contribution in [0.25, 0.3) is 0 Å². The predicted molar refractivity (Wildman–Crippen MR) is 167 cm³/mol. The molecule has 0 aliphatic heterocycles. The van der Waals surface area contributed by atoms with E-state index in [4.69, 9.17) is 4.74 Å². The summed E-state index contributed by atoms with van der Waals surface area (Å²) in [6.45, 7) is 32.2. The Kier molecular flexibility index (Phi) is 9.64. The van der Waals surface area contributed by atoms with Gasteiger partial charge in [-0.05, 0) is 57.6 Å². The zero-order valence-corrected chi connectivity index (χ0v) is 27.1. The maximum atomic E-state index is 12.7. The highest BCUT2D eigenvalue weighted by Crippen LogP contribution is 2.48. The number of phenolic OH excluding ortho intramolecular Hbond substituents is 1. The molecule has 0 aliphatic rings. The molecule has 0 aromatic heterocycles. The molecular weight excluding hydrogens is 480 g/mol. The van der Waals surface area contributed by atoms with Crippen LogP contribution in [0.4, 0.5) is 0 Å². The summed E-state index contributed by atoms with van der Waals surface area (Å²) in [4.78, 5) is 12.7. The number of benzene rings is 2. The van der Waals surface area contributed by atoms with Gasteiger partial charge in [0.15, 0.2) is 0 Å². The van der Waals surface area contributed by atoms with Gasteiger partial charge in [-0.15, -0.1) is 0 Å². The van der Waals surface area contributed by atoms with Crippen LogP contribution < -0.4 is 4.74 Å². The molecule has 3 heteroatoms. The molecule has 0 amide bonds. The predicted octanol–water partition coefficient (Wildman–Crippen LogP) is 10.00. The van der Waals surface area contributed by atoms with Gasteiger partial charge in [-0.25, -0.2) is 4.79 Å². The van der Waals surface area contributed by atoms with Gasteiger partial charge in [0.1, 0.15) is 11.5 Å². The molecule has 2 aromatic carbocycles. The Morgan fingerprint density at radius 3 is 1.64 bits per heavy atom. The number of phenols is 1. The van der Waals surface area contributed by atoms with E-state index in [-0.39, 0.29) is 27.6 Å². The molecule has 1 atom stereocenters. The highest BCUT2D eigenvalue weighted by Gasteiger charge is 2.34. The molecule has 1 N–H and O–H groups in total. The maximum Gasteiger partial charge on any atom is 0.335 e. The molecule has 2 aromatic rings. The van der Waals surface area contributed by atoms with Crippen LogP contribution in [-0.4, -0.2) is 11.1 Å². The van der Waals surface area contributed by atoms with Gasteiger partial charge >= 0.3 is 5.97 Å². The SMILES string of the molecule is C=CC(=O)Oc1c(C(C)c2cc(C(C)(C)CC)cc(C(C)(C)C)c2O)cc(C(C)(C)CC)cc1C(C)(C)CC. The molecule has 0 spiro atoms. The van der Waals surface area contributed by atoms with Crippen molar-refractivity contribution in [3.05, 3.63) is 70.3 Å². The second-order valence-corrected chi connectivity index (χ2v) is 14.2. The number of carbonyl (C=O) groups is 1. The van der Waals surface area contributed by atoms with Gasteiger partial charge in [-0.2, -0.15) is 0 Å². The number of aromatic hydroxyl groups is 1. The molecule has 0 aliphatic carbocycles. The first-order chi connectivity index (χ1) is 17.8. The topological polar surface area (TPSA) is 46.5 Å². The van der Waals surface area contributed by atoms with E-state index < -0.39 is 5.97 Å². The maximum absolute atomic E-state index is 12.7. The summed E-state index contributed by atoms with van der Waals surface area (Å²) in [7, 11) is 0. The first-order valence-corrected chi connectivity index (χ1v) is 14.7. The van der Waals surface area contributed by atoms with E-state index in [0.29, 0.717) is 11.5 Å². The Morgan fingerprint density at radius 1 is 0.795 bits per heavy atom. The minimum atomic E-state index is -0.473. The van der Waals surface area contributed by atoms with Crippen LogP contribution >= 0.6 is 0 Å². The lowest BCUT2D eigenvalue weighted by Crippen LogP contribution is -2.24. The Labute approximate surface area is 239 Å². The van der Waals surface area contributed by atoms with Gasteiger partial charge < -0.3 is 9.84 Å².